The van der Waals surface area contributed by atoms with Gasteiger partial charge in [0.1, 0.15) is 11.4 Å². The first-order valence-electron chi connectivity index (χ1n) is 11.8. The number of amides is 1. The number of fused-ring (bicyclic) bond motifs is 2. The number of imidazole rings is 2. The number of aromatic amines is 2. The molecule has 1 amide bonds. The van der Waals surface area contributed by atoms with Crippen LogP contribution in [0.5, 0.6) is 0 Å². The molecule has 4 heterocycles. The minimum Gasteiger partial charge on any atom is -0.397 e. The van der Waals surface area contributed by atoms with Crippen LogP contribution in [0.3, 0.4) is 0 Å². The number of carbonyl (C=O) groups excluding carboxylic acids is 1. The molecule has 0 saturated heterocycles. The van der Waals surface area contributed by atoms with E-state index in [0.717, 1.165) is 39.3 Å². The predicted octanol–water partition coefficient (Wildman–Crippen LogP) is 3.62. The number of nitrogens with one attached hydrogen (secondary N) is 3. The van der Waals surface area contributed by atoms with Gasteiger partial charge in [-0.15, -0.1) is 0 Å². The maximum absolute atomic E-state index is 12.1. The maximum atomic E-state index is 12.1. The minimum absolute atomic E-state index is 0.0283. The molecule has 2 aromatic carbocycles. The Morgan fingerprint density at radius 3 is 1.89 bits per heavy atom. The van der Waals surface area contributed by atoms with Crippen LogP contribution in [0, 0.1) is 5.41 Å². The van der Waals surface area contributed by atoms with Crippen LogP contribution in [-0.4, -0.2) is 50.4 Å². The molecule has 0 saturated carbocycles. The molecule has 2 aliphatic rings. The molecular formula is C27H28N8O. The van der Waals surface area contributed by atoms with Crippen LogP contribution in [0.25, 0.3) is 22.1 Å². The van der Waals surface area contributed by atoms with E-state index in [-0.39, 0.29) is 5.91 Å². The molecule has 9 nitrogen and oxygen atoms in total. The number of aliphatic imine (C=N–C) groups is 2. The van der Waals surface area contributed by atoms with Crippen molar-refractivity contribution in [2.75, 3.05) is 13.1 Å². The Balaban J connectivity index is 0.000000156. The molecule has 5 N–H and O–H groups in total. The zero-order valence-corrected chi connectivity index (χ0v) is 20.5. The van der Waals surface area contributed by atoms with Crippen molar-refractivity contribution in [3.8, 4) is 0 Å². The van der Waals surface area contributed by atoms with E-state index in [1.165, 1.54) is 0 Å². The van der Waals surface area contributed by atoms with Gasteiger partial charge in [0, 0.05) is 5.41 Å². The summed E-state index contributed by atoms with van der Waals surface area (Å²) < 4.78 is 0. The fourth-order valence-corrected chi connectivity index (χ4v) is 3.80. The summed E-state index contributed by atoms with van der Waals surface area (Å²) >= 11 is 0. The monoisotopic (exact) mass is 480 g/mol. The Kier molecular flexibility index (Phi) is 5.97. The molecule has 36 heavy (non-hydrogen) atoms. The molecular weight excluding hydrogens is 452 g/mol. The second kappa shape index (κ2) is 9.26. The van der Waals surface area contributed by atoms with Crippen molar-refractivity contribution in [2.45, 2.75) is 20.8 Å². The van der Waals surface area contributed by atoms with Crippen LogP contribution >= 0.6 is 0 Å². The van der Waals surface area contributed by atoms with Crippen LogP contribution in [0.2, 0.25) is 0 Å². The molecule has 6 rings (SSSR count). The maximum Gasteiger partial charge on any atom is 0.229 e. The Bertz CT molecular complexity index is 1510. The van der Waals surface area contributed by atoms with Crippen LogP contribution in [-0.2, 0) is 4.79 Å². The fraction of sp³-hybridized carbons (Fsp3) is 0.222. The Labute approximate surface area is 208 Å². The third-order valence-electron chi connectivity index (χ3n) is 5.79. The van der Waals surface area contributed by atoms with Gasteiger partial charge in [0.05, 0.1) is 46.6 Å². The van der Waals surface area contributed by atoms with E-state index >= 15 is 0 Å². The minimum atomic E-state index is -0.442. The first kappa shape index (κ1) is 23.2. The van der Waals surface area contributed by atoms with Gasteiger partial charge in [-0.1, -0.05) is 45.0 Å². The normalized spacial score (nSPS) is 15.2. The Morgan fingerprint density at radius 1 is 0.833 bits per heavy atom. The van der Waals surface area contributed by atoms with Crippen LogP contribution in [0.1, 0.15) is 32.4 Å². The number of H-pyrrole nitrogens is 2. The van der Waals surface area contributed by atoms with Crippen molar-refractivity contribution in [3.63, 3.8) is 0 Å². The molecule has 9 heteroatoms. The van der Waals surface area contributed by atoms with Crippen molar-refractivity contribution in [3.05, 3.63) is 83.7 Å². The summed E-state index contributed by atoms with van der Waals surface area (Å²) in [7, 11) is 0. The van der Waals surface area contributed by atoms with Gasteiger partial charge in [0.2, 0.25) is 5.91 Å². The lowest BCUT2D eigenvalue weighted by atomic mass is 9.95. The SMILES string of the molecule is CC(C)(C)C(=O)NC1=CCN=C1c1nc2ccccc2[nH]1.NC1=CCN=C1c1nc2ccccc2[nH]1. The largest absolute Gasteiger partial charge is 0.397 e. The number of hydrogen-bond acceptors (Lipinski definition) is 6. The molecule has 2 aromatic heterocycles. The van der Waals surface area contributed by atoms with Crippen molar-refractivity contribution in [2.24, 2.45) is 21.1 Å². The van der Waals surface area contributed by atoms with Gasteiger partial charge < -0.3 is 21.0 Å². The number of nitrogens with zero attached hydrogens (tertiary/aromatic N) is 4. The van der Waals surface area contributed by atoms with Crippen LogP contribution in [0.4, 0.5) is 0 Å². The number of allylic oxidation sites excluding steroid dienone is 2. The topological polar surface area (TPSA) is 137 Å². The van der Waals surface area contributed by atoms with E-state index < -0.39 is 5.41 Å². The van der Waals surface area contributed by atoms with Gasteiger partial charge >= 0.3 is 0 Å². The summed E-state index contributed by atoms with van der Waals surface area (Å²) in [6.07, 6.45) is 3.80. The van der Waals surface area contributed by atoms with E-state index in [0.29, 0.717) is 30.3 Å². The summed E-state index contributed by atoms with van der Waals surface area (Å²) in [5.74, 6) is 1.41. The average molecular weight is 481 g/mol. The molecule has 0 aliphatic carbocycles. The van der Waals surface area contributed by atoms with E-state index in [4.69, 9.17) is 5.73 Å². The number of hydrogen-bond donors (Lipinski definition) is 4. The average Bonchev–Trinajstić information content (AvgIpc) is 3.63. The number of aromatic nitrogens is 4. The fourth-order valence-electron chi connectivity index (χ4n) is 3.80. The zero-order chi connectivity index (χ0) is 25.3. The van der Waals surface area contributed by atoms with E-state index in [2.05, 4.69) is 35.2 Å². The Morgan fingerprint density at radius 2 is 1.36 bits per heavy atom. The number of nitrogens with two attached hydrogens (primary N) is 1. The molecule has 182 valence electrons. The van der Waals surface area contributed by atoms with E-state index in [1.807, 2.05) is 81.5 Å². The van der Waals surface area contributed by atoms with Crippen LogP contribution in [0.15, 0.2) is 82.1 Å². The van der Waals surface area contributed by atoms with Gasteiger partial charge in [0.25, 0.3) is 0 Å². The third-order valence-corrected chi connectivity index (χ3v) is 5.79. The highest BCUT2D eigenvalue weighted by molar-refractivity contribution is 6.14. The highest BCUT2D eigenvalue weighted by Crippen LogP contribution is 2.19. The van der Waals surface area contributed by atoms with Crippen molar-refractivity contribution in [1.82, 2.24) is 25.3 Å². The second-order valence-corrected chi connectivity index (χ2v) is 9.57. The zero-order valence-electron chi connectivity index (χ0n) is 20.5. The lowest BCUT2D eigenvalue weighted by Gasteiger charge is -2.18. The number of para-hydroxylation sites is 4. The third kappa shape index (κ3) is 4.68. The molecule has 0 unspecified atom stereocenters. The lowest BCUT2D eigenvalue weighted by molar-refractivity contribution is -0.127. The highest BCUT2D eigenvalue weighted by Gasteiger charge is 2.26. The first-order valence-corrected chi connectivity index (χ1v) is 11.8. The smallest absolute Gasteiger partial charge is 0.229 e. The van der Waals surface area contributed by atoms with E-state index in [9.17, 15) is 4.79 Å². The van der Waals surface area contributed by atoms with Crippen molar-refractivity contribution < 1.29 is 4.79 Å². The lowest BCUT2D eigenvalue weighted by Crippen LogP contribution is -2.36. The molecule has 0 fully saturated rings. The van der Waals surface area contributed by atoms with E-state index in [1.54, 1.807) is 0 Å². The number of benzene rings is 2. The van der Waals surface area contributed by atoms with Crippen LogP contribution < -0.4 is 11.1 Å². The summed E-state index contributed by atoms with van der Waals surface area (Å²) in [6, 6.07) is 15.7. The molecule has 4 aromatic rings. The van der Waals surface area contributed by atoms with Gasteiger partial charge in [-0.3, -0.25) is 14.8 Å². The van der Waals surface area contributed by atoms with Gasteiger partial charge in [-0.05, 0) is 36.4 Å². The van der Waals surface area contributed by atoms with Gasteiger partial charge in [0.15, 0.2) is 11.6 Å². The molecule has 0 atom stereocenters. The summed E-state index contributed by atoms with van der Waals surface area (Å²) in [6.45, 7) is 6.87. The molecule has 0 bridgehead atoms. The van der Waals surface area contributed by atoms with Crippen molar-refractivity contribution >= 4 is 39.4 Å². The van der Waals surface area contributed by atoms with Gasteiger partial charge in [-0.25, -0.2) is 9.97 Å². The Hall–Kier alpha value is -4.53. The number of rotatable bonds is 3. The first-order chi connectivity index (χ1) is 17.3. The molecule has 2 aliphatic heterocycles. The summed E-state index contributed by atoms with van der Waals surface area (Å²) in [4.78, 5) is 36.3. The van der Waals surface area contributed by atoms with Crippen molar-refractivity contribution in [1.29, 1.82) is 0 Å². The second-order valence-electron chi connectivity index (χ2n) is 9.57. The predicted molar refractivity (Wildman–Crippen MR) is 143 cm³/mol. The quantitative estimate of drug-likeness (QED) is 0.356. The van der Waals surface area contributed by atoms with Gasteiger partial charge in [-0.2, -0.15) is 0 Å². The standard InChI is InChI=1S/C16H18N4O.C11H10N4/c1-16(2,3)15(21)20-12-8-9-17-13(12)14-18-10-6-4-5-7-11(10)19-14;12-7-5-6-13-10(7)11-14-8-3-1-2-4-9(8)15-11/h4-8H,9H2,1-3H3,(H,18,19)(H,20,21);1-5H,6,12H2,(H,14,15). The summed E-state index contributed by atoms with van der Waals surface area (Å²) in [5, 5.41) is 2.94. The summed E-state index contributed by atoms with van der Waals surface area (Å²) in [5.41, 5.74) is 12.1. The molecule has 0 radical (unpaired) electrons. The molecule has 0 spiro atoms. The number of carbonyl (C=O) groups is 1. The highest BCUT2D eigenvalue weighted by atomic mass is 16.2.